The van der Waals surface area contributed by atoms with Crippen LogP contribution >= 0.6 is 0 Å². The quantitative estimate of drug-likeness (QED) is 0.142. The molecular formula is C72H53N5. The molecule has 5 heteroatoms. The van der Waals surface area contributed by atoms with Crippen LogP contribution in [0.1, 0.15) is 63.8 Å². The van der Waals surface area contributed by atoms with Crippen molar-refractivity contribution in [1.82, 2.24) is 4.57 Å². The summed E-state index contributed by atoms with van der Waals surface area (Å²) in [5, 5.41) is 22.7. The SMILES string of the molecule is [C-]#[N+]c1ccccc1-c1cc(-c2ccc3c(c2)c2cc(-c4cc(-c5ccccc5C#N)cc(-c5ccccc5[N+]#[C-])c4)ccc2n3-c2ccccc2-c2cc(C(C)(C)C)cc(C(C)(C)C)c2)cc(-c2ccccc2C#N)c1. The van der Waals surface area contributed by atoms with Crippen molar-refractivity contribution < 1.29 is 0 Å². The van der Waals surface area contributed by atoms with Crippen LogP contribution in [0, 0.1) is 35.8 Å². The molecule has 0 N–H and O–H groups in total. The third-order valence-corrected chi connectivity index (χ3v) is 14.8. The van der Waals surface area contributed by atoms with Gasteiger partial charge in [0, 0.05) is 16.3 Å². The predicted octanol–water partition coefficient (Wildman–Crippen LogP) is 19.9. The van der Waals surface area contributed by atoms with Gasteiger partial charge in [-0.05, 0) is 173 Å². The third kappa shape index (κ3) is 9.23. The average molecular weight is 988 g/mol. The first-order valence-electron chi connectivity index (χ1n) is 25.8. The molecule has 1 aromatic heterocycles. The van der Waals surface area contributed by atoms with Gasteiger partial charge in [0.15, 0.2) is 11.4 Å². The number of aromatic nitrogens is 1. The van der Waals surface area contributed by atoms with Gasteiger partial charge in [0.1, 0.15) is 0 Å². The van der Waals surface area contributed by atoms with Crippen molar-refractivity contribution in [1.29, 1.82) is 10.5 Å². The van der Waals surface area contributed by atoms with Crippen LogP contribution in [0.15, 0.2) is 212 Å². The molecule has 10 aromatic carbocycles. The third-order valence-electron chi connectivity index (χ3n) is 14.8. The van der Waals surface area contributed by atoms with Crippen LogP contribution in [0.25, 0.3) is 115 Å². The van der Waals surface area contributed by atoms with E-state index in [0.717, 1.165) is 105 Å². The van der Waals surface area contributed by atoms with Crippen molar-refractivity contribution in [3.63, 3.8) is 0 Å². The summed E-state index contributed by atoms with van der Waals surface area (Å²) in [6, 6.07) is 77.6. The maximum absolute atomic E-state index is 10.3. The number of hydrogen-bond donors (Lipinski definition) is 0. The number of para-hydroxylation sites is 3. The Morgan fingerprint density at radius 3 is 1.12 bits per heavy atom. The predicted molar refractivity (Wildman–Crippen MR) is 318 cm³/mol. The Bertz CT molecular complexity index is 3950. The first kappa shape index (κ1) is 49.2. The van der Waals surface area contributed by atoms with Crippen LogP contribution in [0.4, 0.5) is 11.4 Å². The highest BCUT2D eigenvalue weighted by Crippen LogP contribution is 2.45. The second-order valence-electron chi connectivity index (χ2n) is 21.8. The number of rotatable bonds is 8. The van der Waals surface area contributed by atoms with Crippen molar-refractivity contribution in [3.05, 3.63) is 257 Å². The van der Waals surface area contributed by atoms with Crippen molar-refractivity contribution in [3.8, 4) is 95.7 Å². The van der Waals surface area contributed by atoms with E-state index in [-0.39, 0.29) is 10.8 Å². The van der Waals surface area contributed by atoms with Gasteiger partial charge in [0.25, 0.3) is 0 Å². The van der Waals surface area contributed by atoms with Crippen molar-refractivity contribution >= 4 is 33.2 Å². The minimum Gasteiger partial charge on any atom is -0.309 e. The summed E-state index contributed by atoms with van der Waals surface area (Å²) in [6.07, 6.45) is 0. The van der Waals surface area contributed by atoms with E-state index in [9.17, 15) is 10.5 Å². The van der Waals surface area contributed by atoms with Gasteiger partial charge in [-0.15, -0.1) is 0 Å². The minimum absolute atomic E-state index is 0.0809. The number of fused-ring (bicyclic) bond motifs is 3. The van der Waals surface area contributed by atoms with E-state index in [4.69, 9.17) is 13.1 Å². The molecule has 0 atom stereocenters. The zero-order valence-corrected chi connectivity index (χ0v) is 43.9. The summed E-state index contributed by atoms with van der Waals surface area (Å²) in [5.41, 5.74) is 20.7. The zero-order chi connectivity index (χ0) is 53.6. The summed E-state index contributed by atoms with van der Waals surface area (Å²) < 4.78 is 2.40. The molecule has 0 spiro atoms. The van der Waals surface area contributed by atoms with Gasteiger partial charge in [-0.3, -0.25) is 0 Å². The van der Waals surface area contributed by atoms with Gasteiger partial charge in [0.05, 0.1) is 53.1 Å². The monoisotopic (exact) mass is 987 g/mol. The molecule has 0 aliphatic rings. The fraction of sp³-hybridized carbons (Fsp3) is 0.111. The molecule has 0 radical (unpaired) electrons. The first-order valence-corrected chi connectivity index (χ1v) is 25.8. The zero-order valence-electron chi connectivity index (χ0n) is 43.9. The van der Waals surface area contributed by atoms with Crippen LogP contribution in [0.3, 0.4) is 0 Å². The van der Waals surface area contributed by atoms with E-state index >= 15 is 0 Å². The average Bonchev–Trinajstić information content (AvgIpc) is 3.80. The van der Waals surface area contributed by atoms with Gasteiger partial charge in [-0.1, -0.05) is 175 Å². The van der Waals surface area contributed by atoms with Crippen LogP contribution in [-0.2, 0) is 10.8 Å². The highest BCUT2D eigenvalue weighted by molar-refractivity contribution is 6.12. The molecule has 0 saturated heterocycles. The second kappa shape index (κ2) is 19.7. The lowest BCUT2D eigenvalue weighted by Crippen LogP contribution is -2.16. The van der Waals surface area contributed by atoms with E-state index in [1.165, 1.54) is 11.1 Å². The Morgan fingerprint density at radius 1 is 0.351 bits per heavy atom. The summed E-state index contributed by atoms with van der Waals surface area (Å²) >= 11 is 0. The molecule has 11 aromatic rings. The van der Waals surface area contributed by atoms with Crippen LogP contribution in [0.5, 0.6) is 0 Å². The van der Waals surface area contributed by atoms with Crippen molar-refractivity contribution in [2.45, 2.75) is 52.4 Å². The minimum atomic E-state index is -0.0809. The molecule has 366 valence electrons. The standard InChI is InChI=1S/C72H53N5/c1-71(2,3)57-39-56(40-58(43-57)72(4,5)6)63-25-15-18-28-68(63)77-69-31-29-46(50-33-52(59-21-11-9-19-48(59)44-73)37-54(35-50)61-23-13-16-26-66(61)75-7)41-64(69)65-42-47(30-32-70(65)77)51-34-53(60-22-12-10-20-49(60)45-74)38-55(36-51)62-24-14-17-27-67(62)76-8/h9-43H,1-6H3. The molecule has 77 heavy (non-hydrogen) atoms. The van der Waals surface area contributed by atoms with Gasteiger partial charge in [0.2, 0.25) is 0 Å². The molecule has 5 nitrogen and oxygen atoms in total. The Morgan fingerprint density at radius 2 is 0.701 bits per heavy atom. The Hall–Kier alpha value is -10.0. The smallest absolute Gasteiger partial charge is 0.194 e. The molecule has 0 bridgehead atoms. The molecule has 1 heterocycles. The maximum Gasteiger partial charge on any atom is 0.194 e. The Labute approximate surface area is 451 Å². The van der Waals surface area contributed by atoms with Gasteiger partial charge >= 0.3 is 0 Å². The van der Waals surface area contributed by atoms with Gasteiger partial charge in [-0.25, -0.2) is 9.69 Å². The van der Waals surface area contributed by atoms with E-state index < -0.39 is 0 Å². The number of hydrogen-bond acceptors (Lipinski definition) is 2. The lowest BCUT2D eigenvalue weighted by atomic mass is 9.79. The fourth-order valence-corrected chi connectivity index (χ4v) is 10.7. The molecule has 0 unspecified atom stereocenters. The van der Waals surface area contributed by atoms with Crippen molar-refractivity contribution in [2.75, 3.05) is 0 Å². The van der Waals surface area contributed by atoms with Crippen LogP contribution in [-0.4, -0.2) is 4.57 Å². The molecule has 0 aliphatic heterocycles. The molecule has 0 aliphatic carbocycles. The number of nitriles is 2. The maximum atomic E-state index is 10.3. The largest absolute Gasteiger partial charge is 0.309 e. The lowest BCUT2D eigenvalue weighted by Gasteiger charge is -2.27. The highest BCUT2D eigenvalue weighted by Gasteiger charge is 2.24. The highest BCUT2D eigenvalue weighted by atomic mass is 15.0. The Kier molecular flexibility index (Phi) is 12.6. The Balaban J connectivity index is 1.20. The van der Waals surface area contributed by atoms with Gasteiger partial charge < -0.3 is 4.57 Å². The molecular weight excluding hydrogens is 935 g/mol. The lowest BCUT2D eigenvalue weighted by molar-refractivity contribution is 0.569. The summed E-state index contributed by atoms with van der Waals surface area (Å²) in [4.78, 5) is 7.83. The first-order chi connectivity index (χ1) is 37.2. The summed E-state index contributed by atoms with van der Waals surface area (Å²) in [5.74, 6) is 0. The van der Waals surface area contributed by atoms with E-state index in [1.807, 2.05) is 97.1 Å². The molecule has 0 fully saturated rings. The second-order valence-corrected chi connectivity index (χ2v) is 21.8. The van der Waals surface area contributed by atoms with Gasteiger partial charge in [-0.2, -0.15) is 10.5 Å². The van der Waals surface area contributed by atoms with Crippen LogP contribution in [0.2, 0.25) is 0 Å². The fourth-order valence-electron chi connectivity index (χ4n) is 10.7. The molecule has 0 saturated carbocycles. The van der Waals surface area contributed by atoms with E-state index in [2.05, 4.69) is 183 Å². The van der Waals surface area contributed by atoms with E-state index in [1.54, 1.807) is 0 Å². The summed E-state index contributed by atoms with van der Waals surface area (Å²) in [6.45, 7) is 29.9. The van der Waals surface area contributed by atoms with E-state index in [0.29, 0.717) is 22.5 Å². The topological polar surface area (TPSA) is 61.2 Å². The number of nitrogens with zero attached hydrogens (tertiary/aromatic N) is 5. The molecule has 0 amide bonds. The van der Waals surface area contributed by atoms with Crippen LogP contribution < -0.4 is 0 Å². The molecule has 11 rings (SSSR count). The normalized spacial score (nSPS) is 11.5. The number of benzene rings is 10. The van der Waals surface area contributed by atoms with Crippen molar-refractivity contribution in [2.24, 2.45) is 0 Å². The summed E-state index contributed by atoms with van der Waals surface area (Å²) in [7, 11) is 0.